The molecule has 0 atom stereocenters. The second-order valence-electron chi connectivity index (χ2n) is 3.89. The highest BCUT2D eigenvalue weighted by atomic mass is 16.3. The molecule has 0 saturated heterocycles. The molecule has 5 heteroatoms. The molecule has 1 N–H and O–H groups in total. The zero-order valence-corrected chi connectivity index (χ0v) is 9.33. The Morgan fingerprint density at radius 1 is 1.31 bits per heavy atom. The Hall–Kier alpha value is -1.75. The number of hydrogen-bond donors (Lipinski definition) is 1. The molecule has 0 bridgehead atoms. The van der Waals surface area contributed by atoms with Crippen LogP contribution in [0.4, 0.5) is 0 Å². The molecule has 0 aliphatic heterocycles. The minimum atomic E-state index is 0.00592. The maximum Gasteiger partial charge on any atom is 0.131 e. The molecule has 2 aromatic heterocycles. The van der Waals surface area contributed by atoms with Crippen LogP contribution in [0.3, 0.4) is 0 Å². The van der Waals surface area contributed by atoms with Crippen LogP contribution in [0.25, 0.3) is 11.4 Å². The van der Waals surface area contributed by atoms with Crippen LogP contribution in [0.5, 0.6) is 0 Å². The minimum Gasteiger partial charge on any atom is -0.392 e. The van der Waals surface area contributed by atoms with Gasteiger partial charge >= 0.3 is 0 Å². The van der Waals surface area contributed by atoms with Gasteiger partial charge in [-0.1, -0.05) is 11.3 Å². The molecule has 0 fully saturated rings. The molecule has 2 aromatic rings. The summed E-state index contributed by atoms with van der Waals surface area (Å²) in [6.07, 6.45) is 3.51. The van der Waals surface area contributed by atoms with Gasteiger partial charge in [0.15, 0.2) is 0 Å². The van der Waals surface area contributed by atoms with Gasteiger partial charge in [0, 0.05) is 12.2 Å². The van der Waals surface area contributed by atoms with Gasteiger partial charge in [0.1, 0.15) is 5.69 Å². The molecular weight excluding hydrogens is 204 g/mol. The summed E-state index contributed by atoms with van der Waals surface area (Å²) in [5.41, 5.74) is 2.31. The molecule has 84 valence electrons. The predicted molar refractivity (Wildman–Crippen MR) is 59.6 cm³/mol. The Balaban J connectivity index is 2.28. The summed E-state index contributed by atoms with van der Waals surface area (Å²) >= 11 is 0. The molecule has 0 aromatic carbocycles. The SMILES string of the molecule is CC(C)n1cc(-c2ccc(CO)cn2)nn1. The van der Waals surface area contributed by atoms with Crippen LogP contribution in [0.2, 0.25) is 0 Å². The van der Waals surface area contributed by atoms with E-state index >= 15 is 0 Å². The van der Waals surface area contributed by atoms with E-state index in [2.05, 4.69) is 15.3 Å². The topological polar surface area (TPSA) is 63.8 Å². The van der Waals surface area contributed by atoms with Crippen molar-refractivity contribution < 1.29 is 5.11 Å². The third-order valence-electron chi connectivity index (χ3n) is 2.31. The van der Waals surface area contributed by atoms with Gasteiger partial charge in [-0.25, -0.2) is 4.68 Å². The normalized spacial score (nSPS) is 11.0. The first kappa shape index (κ1) is 10.8. The molecule has 16 heavy (non-hydrogen) atoms. The monoisotopic (exact) mass is 218 g/mol. The van der Waals surface area contributed by atoms with Crippen molar-refractivity contribution in [2.24, 2.45) is 0 Å². The van der Waals surface area contributed by atoms with E-state index < -0.39 is 0 Å². The van der Waals surface area contributed by atoms with Crippen molar-refractivity contribution in [1.82, 2.24) is 20.0 Å². The Morgan fingerprint density at radius 2 is 2.12 bits per heavy atom. The van der Waals surface area contributed by atoms with E-state index in [0.717, 1.165) is 17.0 Å². The maximum atomic E-state index is 8.90. The predicted octanol–water partition coefficient (Wildman–Crippen LogP) is 1.41. The van der Waals surface area contributed by atoms with Gasteiger partial charge in [-0.2, -0.15) is 0 Å². The van der Waals surface area contributed by atoms with Crippen LogP contribution >= 0.6 is 0 Å². The number of aliphatic hydroxyl groups is 1. The van der Waals surface area contributed by atoms with E-state index in [1.54, 1.807) is 10.9 Å². The van der Waals surface area contributed by atoms with Gasteiger partial charge in [-0.3, -0.25) is 4.98 Å². The summed E-state index contributed by atoms with van der Waals surface area (Å²) in [7, 11) is 0. The van der Waals surface area contributed by atoms with Gasteiger partial charge in [0.2, 0.25) is 0 Å². The third kappa shape index (κ3) is 2.09. The van der Waals surface area contributed by atoms with Crippen LogP contribution in [0, 0.1) is 0 Å². The number of pyridine rings is 1. The lowest BCUT2D eigenvalue weighted by molar-refractivity contribution is 0.281. The van der Waals surface area contributed by atoms with E-state index in [9.17, 15) is 0 Å². The lowest BCUT2D eigenvalue weighted by Crippen LogP contribution is -2.00. The smallest absolute Gasteiger partial charge is 0.131 e. The zero-order chi connectivity index (χ0) is 11.5. The fourth-order valence-electron chi connectivity index (χ4n) is 1.32. The lowest BCUT2D eigenvalue weighted by atomic mass is 10.2. The number of aliphatic hydroxyl groups excluding tert-OH is 1. The quantitative estimate of drug-likeness (QED) is 0.846. The van der Waals surface area contributed by atoms with Gasteiger partial charge in [0.25, 0.3) is 0 Å². The van der Waals surface area contributed by atoms with Crippen molar-refractivity contribution in [1.29, 1.82) is 0 Å². The Kier molecular flexibility index (Phi) is 2.96. The van der Waals surface area contributed by atoms with Gasteiger partial charge in [-0.05, 0) is 25.5 Å². The second kappa shape index (κ2) is 4.40. The van der Waals surface area contributed by atoms with Crippen LogP contribution < -0.4 is 0 Å². The maximum absolute atomic E-state index is 8.90. The fraction of sp³-hybridized carbons (Fsp3) is 0.364. The first-order valence-corrected chi connectivity index (χ1v) is 5.18. The van der Waals surface area contributed by atoms with Gasteiger partial charge in [-0.15, -0.1) is 5.10 Å². The number of aromatic nitrogens is 4. The van der Waals surface area contributed by atoms with E-state index in [1.165, 1.54) is 0 Å². The molecule has 0 amide bonds. The van der Waals surface area contributed by atoms with E-state index in [-0.39, 0.29) is 12.6 Å². The number of hydrogen-bond acceptors (Lipinski definition) is 4. The average molecular weight is 218 g/mol. The Labute approximate surface area is 93.8 Å². The van der Waals surface area contributed by atoms with Gasteiger partial charge in [0.05, 0.1) is 18.5 Å². The molecule has 5 nitrogen and oxygen atoms in total. The number of nitrogens with zero attached hydrogens (tertiary/aromatic N) is 4. The largest absolute Gasteiger partial charge is 0.392 e. The molecule has 0 saturated carbocycles. The summed E-state index contributed by atoms with van der Waals surface area (Å²) in [5.74, 6) is 0. The highest BCUT2D eigenvalue weighted by Gasteiger charge is 2.06. The van der Waals surface area contributed by atoms with E-state index in [4.69, 9.17) is 5.11 Å². The lowest BCUT2D eigenvalue weighted by Gasteiger charge is -2.01. The molecule has 0 aliphatic carbocycles. The number of rotatable bonds is 3. The molecule has 0 spiro atoms. The first-order valence-electron chi connectivity index (χ1n) is 5.18. The van der Waals surface area contributed by atoms with E-state index in [1.807, 2.05) is 32.2 Å². The minimum absolute atomic E-state index is 0.00592. The van der Waals surface area contributed by atoms with E-state index in [0.29, 0.717) is 0 Å². The van der Waals surface area contributed by atoms with Crippen molar-refractivity contribution in [3.8, 4) is 11.4 Å². The van der Waals surface area contributed by atoms with Crippen LogP contribution in [-0.2, 0) is 6.61 Å². The fourth-order valence-corrected chi connectivity index (χ4v) is 1.32. The summed E-state index contributed by atoms with van der Waals surface area (Å²) in [6.45, 7) is 4.09. The molecule has 2 rings (SSSR count). The first-order chi connectivity index (χ1) is 7.70. The zero-order valence-electron chi connectivity index (χ0n) is 9.33. The standard InChI is InChI=1S/C11H14N4O/c1-8(2)15-6-11(13-14-15)10-4-3-9(7-16)5-12-10/h3-6,8,16H,7H2,1-2H3. The molecule has 0 unspecified atom stereocenters. The van der Waals surface area contributed by atoms with Crippen molar-refractivity contribution in [2.75, 3.05) is 0 Å². The highest BCUT2D eigenvalue weighted by Crippen LogP contribution is 2.15. The summed E-state index contributed by atoms with van der Waals surface area (Å²) in [6, 6.07) is 3.95. The van der Waals surface area contributed by atoms with Crippen molar-refractivity contribution in [3.05, 3.63) is 30.1 Å². The Morgan fingerprint density at radius 3 is 2.62 bits per heavy atom. The summed E-state index contributed by atoms with van der Waals surface area (Å²) in [5, 5.41) is 17.0. The Bertz CT molecular complexity index is 461. The summed E-state index contributed by atoms with van der Waals surface area (Å²) in [4.78, 5) is 4.22. The molecular formula is C11H14N4O. The van der Waals surface area contributed by atoms with Crippen LogP contribution in [-0.4, -0.2) is 25.1 Å². The van der Waals surface area contributed by atoms with Crippen molar-refractivity contribution in [3.63, 3.8) is 0 Å². The summed E-state index contributed by atoms with van der Waals surface area (Å²) < 4.78 is 1.79. The van der Waals surface area contributed by atoms with Crippen LogP contribution in [0.1, 0.15) is 25.5 Å². The van der Waals surface area contributed by atoms with Crippen LogP contribution in [0.15, 0.2) is 24.5 Å². The third-order valence-corrected chi connectivity index (χ3v) is 2.31. The molecule has 2 heterocycles. The van der Waals surface area contributed by atoms with Crippen molar-refractivity contribution in [2.45, 2.75) is 26.5 Å². The second-order valence-corrected chi connectivity index (χ2v) is 3.89. The highest BCUT2D eigenvalue weighted by molar-refractivity contribution is 5.52. The van der Waals surface area contributed by atoms with Gasteiger partial charge < -0.3 is 5.11 Å². The average Bonchev–Trinajstić information content (AvgIpc) is 2.78. The van der Waals surface area contributed by atoms with Crippen molar-refractivity contribution >= 4 is 0 Å². The molecule has 0 radical (unpaired) electrons. The molecule has 0 aliphatic rings.